The molecule has 0 spiro atoms. The van der Waals surface area contributed by atoms with Crippen molar-refractivity contribution in [3.05, 3.63) is 44.7 Å². The van der Waals surface area contributed by atoms with Crippen LogP contribution in [0.4, 0.5) is 0 Å². The van der Waals surface area contributed by atoms with Crippen molar-refractivity contribution in [1.82, 2.24) is 4.98 Å². The molecular formula is C11H8BrNO2S. The first-order valence-electron chi connectivity index (χ1n) is 4.49. The fourth-order valence-corrected chi connectivity index (χ4v) is 2.77. The van der Waals surface area contributed by atoms with E-state index in [9.17, 15) is 4.79 Å². The van der Waals surface area contributed by atoms with Gasteiger partial charge in [-0.2, -0.15) is 11.3 Å². The molecular weight excluding hydrogens is 290 g/mol. The molecule has 0 fully saturated rings. The highest BCUT2D eigenvalue weighted by atomic mass is 79.9. The number of aromatic nitrogens is 1. The number of pyridine rings is 1. The first-order chi connectivity index (χ1) is 7.74. The van der Waals surface area contributed by atoms with Gasteiger partial charge in [0, 0.05) is 27.0 Å². The Kier molecular flexibility index (Phi) is 3.36. The highest BCUT2D eigenvalue weighted by molar-refractivity contribution is 9.10. The number of carbonyl (C=O) groups is 1. The van der Waals surface area contributed by atoms with Gasteiger partial charge in [-0.3, -0.25) is 4.79 Å². The maximum absolute atomic E-state index is 12.2. The zero-order valence-corrected chi connectivity index (χ0v) is 10.8. The first kappa shape index (κ1) is 11.3. The molecule has 5 heteroatoms. The summed E-state index contributed by atoms with van der Waals surface area (Å²) in [5, 5.41) is 3.68. The molecule has 16 heavy (non-hydrogen) atoms. The van der Waals surface area contributed by atoms with Crippen LogP contribution in [0.25, 0.3) is 0 Å². The Bertz CT molecular complexity index is 524. The van der Waals surface area contributed by atoms with Gasteiger partial charge in [0.2, 0.25) is 5.88 Å². The molecule has 0 N–H and O–H groups in total. The van der Waals surface area contributed by atoms with Crippen molar-refractivity contribution in [3.63, 3.8) is 0 Å². The average Bonchev–Trinajstić information content (AvgIpc) is 2.74. The lowest BCUT2D eigenvalue weighted by molar-refractivity contribution is 0.103. The minimum Gasteiger partial charge on any atom is -0.480 e. The number of hydrogen-bond acceptors (Lipinski definition) is 4. The zero-order valence-electron chi connectivity index (χ0n) is 8.44. The summed E-state index contributed by atoms with van der Waals surface area (Å²) in [6.45, 7) is 0. The molecule has 0 amide bonds. The minimum absolute atomic E-state index is 0.0851. The van der Waals surface area contributed by atoms with Crippen LogP contribution in [-0.4, -0.2) is 17.9 Å². The quantitative estimate of drug-likeness (QED) is 0.817. The Hall–Kier alpha value is -1.20. The van der Waals surface area contributed by atoms with Crippen LogP contribution in [0.1, 0.15) is 15.9 Å². The van der Waals surface area contributed by atoms with Crippen molar-refractivity contribution in [1.29, 1.82) is 0 Å². The van der Waals surface area contributed by atoms with Gasteiger partial charge in [-0.05, 0) is 28.1 Å². The Morgan fingerprint density at radius 2 is 2.25 bits per heavy atom. The van der Waals surface area contributed by atoms with Gasteiger partial charge in [-0.15, -0.1) is 0 Å². The molecule has 0 bridgehead atoms. The first-order valence-corrected chi connectivity index (χ1v) is 6.23. The van der Waals surface area contributed by atoms with Crippen LogP contribution < -0.4 is 4.74 Å². The van der Waals surface area contributed by atoms with E-state index in [1.54, 1.807) is 23.7 Å². The normalized spacial score (nSPS) is 10.1. The van der Waals surface area contributed by atoms with Crippen LogP contribution in [0, 0.1) is 0 Å². The van der Waals surface area contributed by atoms with E-state index in [1.807, 2.05) is 5.38 Å². The van der Waals surface area contributed by atoms with Crippen molar-refractivity contribution in [2.75, 3.05) is 7.11 Å². The summed E-state index contributed by atoms with van der Waals surface area (Å²) >= 11 is 4.81. The van der Waals surface area contributed by atoms with Gasteiger partial charge in [0.1, 0.15) is 0 Å². The van der Waals surface area contributed by atoms with Gasteiger partial charge in [0.05, 0.1) is 12.7 Å². The summed E-state index contributed by atoms with van der Waals surface area (Å²) in [5.41, 5.74) is 1.11. The number of halogens is 1. The number of carbonyl (C=O) groups excluding carboxylic acids is 1. The number of hydrogen-bond donors (Lipinski definition) is 0. The Labute approximate surface area is 105 Å². The van der Waals surface area contributed by atoms with E-state index in [1.165, 1.54) is 18.4 Å². The molecule has 0 saturated heterocycles. The predicted molar refractivity (Wildman–Crippen MR) is 66.2 cm³/mol. The third kappa shape index (κ3) is 2.01. The zero-order chi connectivity index (χ0) is 11.5. The number of ketones is 1. The molecule has 2 heterocycles. The summed E-state index contributed by atoms with van der Waals surface area (Å²) < 4.78 is 5.86. The third-order valence-corrected chi connectivity index (χ3v) is 3.77. The lowest BCUT2D eigenvalue weighted by atomic mass is 10.1. The van der Waals surface area contributed by atoms with Gasteiger partial charge < -0.3 is 4.74 Å². The molecule has 2 rings (SSSR count). The molecule has 82 valence electrons. The molecule has 0 atom stereocenters. The second-order valence-electron chi connectivity index (χ2n) is 3.02. The molecule has 2 aromatic rings. The largest absolute Gasteiger partial charge is 0.480 e. The molecule has 0 aliphatic heterocycles. The lowest BCUT2D eigenvalue weighted by Crippen LogP contribution is -2.04. The number of thiophene rings is 1. The molecule has 0 radical (unpaired) electrons. The highest BCUT2D eigenvalue weighted by Gasteiger charge is 2.17. The van der Waals surface area contributed by atoms with E-state index >= 15 is 0 Å². The van der Waals surface area contributed by atoms with Crippen LogP contribution in [0.5, 0.6) is 5.88 Å². The van der Waals surface area contributed by atoms with Gasteiger partial charge in [0.15, 0.2) is 5.78 Å². The van der Waals surface area contributed by atoms with Crippen LogP contribution >= 0.6 is 27.3 Å². The van der Waals surface area contributed by atoms with Crippen LogP contribution in [-0.2, 0) is 0 Å². The van der Waals surface area contributed by atoms with E-state index in [2.05, 4.69) is 20.9 Å². The summed E-state index contributed by atoms with van der Waals surface area (Å²) in [6, 6.07) is 3.42. The number of ether oxygens (including phenoxy) is 1. The molecule has 3 nitrogen and oxygen atoms in total. The monoisotopic (exact) mass is 297 g/mol. The van der Waals surface area contributed by atoms with Crippen molar-refractivity contribution >= 4 is 33.0 Å². The molecule has 0 aliphatic rings. The van der Waals surface area contributed by atoms with Crippen molar-refractivity contribution in [2.24, 2.45) is 0 Å². The predicted octanol–water partition coefficient (Wildman–Crippen LogP) is 3.15. The number of nitrogens with zero attached hydrogens (tertiary/aromatic N) is 1. The average molecular weight is 298 g/mol. The minimum atomic E-state index is -0.0851. The van der Waals surface area contributed by atoms with E-state index in [0.29, 0.717) is 17.0 Å². The summed E-state index contributed by atoms with van der Waals surface area (Å²) in [6.07, 6.45) is 1.60. The molecule has 0 unspecified atom stereocenters. The van der Waals surface area contributed by atoms with E-state index in [0.717, 1.165) is 4.47 Å². The van der Waals surface area contributed by atoms with E-state index < -0.39 is 0 Å². The third-order valence-electron chi connectivity index (χ3n) is 2.07. The molecule has 0 aliphatic carbocycles. The lowest BCUT2D eigenvalue weighted by Gasteiger charge is -2.04. The van der Waals surface area contributed by atoms with E-state index in [4.69, 9.17) is 4.74 Å². The van der Waals surface area contributed by atoms with Crippen molar-refractivity contribution in [3.8, 4) is 5.88 Å². The molecule has 2 aromatic heterocycles. The summed E-state index contributed by atoms with van der Waals surface area (Å²) in [7, 11) is 1.50. The topological polar surface area (TPSA) is 39.2 Å². The fourth-order valence-electron chi connectivity index (χ4n) is 1.31. The SMILES string of the molecule is COc1ncccc1C(=O)c1cscc1Br. The maximum Gasteiger partial charge on any atom is 0.224 e. The second-order valence-corrected chi connectivity index (χ2v) is 4.62. The second kappa shape index (κ2) is 4.76. The van der Waals surface area contributed by atoms with Crippen LogP contribution in [0.3, 0.4) is 0 Å². The number of methoxy groups -OCH3 is 1. The van der Waals surface area contributed by atoms with Crippen molar-refractivity contribution < 1.29 is 9.53 Å². The molecule has 0 saturated carbocycles. The maximum atomic E-state index is 12.2. The van der Waals surface area contributed by atoms with E-state index in [-0.39, 0.29) is 5.78 Å². The fraction of sp³-hybridized carbons (Fsp3) is 0.0909. The smallest absolute Gasteiger partial charge is 0.224 e. The van der Waals surface area contributed by atoms with Gasteiger partial charge in [-0.1, -0.05) is 0 Å². The van der Waals surface area contributed by atoms with Crippen LogP contribution in [0.2, 0.25) is 0 Å². The van der Waals surface area contributed by atoms with Crippen LogP contribution in [0.15, 0.2) is 33.6 Å². The van der Waals surface area contributed by atoms with Gasteiger partial charge in [-0.25, -0.2) is 4.98 Å². The van der Waals surface area contributed by atoms with Gasteiger partial charge in [0.25, 0.3) is 0 Å². The Morgan fingerprint density at radius 1 is 1.44 bits per heavy atom. The summed E-state index contributed by atoms with van der Waals surface area (Å²) in [5.74, 6) is 0.267. The standard InChI is InChI=1S/C11H8BrNO2S/c1-15-11-7(3-2-4-13-11)10(14)8-5-16-6-9(8)12/h2-6H,1H3. The Morgan fingerprint density at radius 3 is 2.88 bits per heavy atom. The van der Waals surface area contributed by atoms with Crippen molar-refractivity contribution in [2.45, 2.75) is 0 Å². The Balaban J connectivity index is 2.46. The van der Waals surface area contributed by atoms with Gasteiger partial charge >= 0.3 is 0 Å². The summed E-state index contributed by atoms with van der Waals surface area (Å²) in [4.78, 5) is 16.2. The molecule has 0 aromatic carbocycles. The highest BCUT2D eigenvalue weighted by Crippen LogP contribution is 2.26. The number of rotatable bonds is 3.